The number of nitrogens with one attached hydrogen (secondary N) is 3. The minimum Gasteiger partial charge on any atom is -0.454 e. The number of halogens is 2. The molecule has 3 N–H and O–H groups in total. The van der Waals surface area contributed by atoms with Gasteiger partial charge in [-0.3, -0.25) is 14.9 Å². The fourth-order valence-corrected chi connectivity index (χ4v) is 3.96. The van der Waals surface area contributed by atoms with Gasteiger partial charge in [0.25, 0.3) is 0 Å². The van der Waals surface area contributed by atoms with Gasteiger partial charge in [-0.05, 0) is 63.0 Å². The Hall–Kier alpha value is -4.58. The number of amides is 4. The first-order valence-electron chi connectivity index (χ1n) is 12.2. The van der Waals surface area contributed by atoms with Crippen LogP contribution < -0.4 is 20.7 Å². The molecule has 10 nitrogen and oxygen atoms in total. The Balaban J connectivity index is 1.30. The third kappa shape index (κ3) is 7.71. The highest BCUT2D eigenvalue weighted by molar-refractivity contribution is 6.08. The molecule has 0 spiro atoms. The summed E-state index contributed by atoms with van der Waals surface area (Å²) in [5, 5.41) is 7.66. The molecule has 1 atom stereocenters. The van der Waals surface area contributed by atoms with E-state index in [-0.39, 0.29) is 29.0 Å². The van der Waals surface area contributed by atoms with Crippen LogP contribution in [-0.4, -0.2) is 65.9 Å². The fraction of sp³-hybridized carbons (Fsp3) is 0.259. The molecule has 1 saturated heterocycles. The van der Waals surface area contributed by atoms with Crippen LogP contribution in [0.4, 0.5) is 30.8 Å². The topological polar surface area (TPSA) is 116 Å². The summed E-state index contributed by atoms with van der Waals surface area (Å²) in [5.74, 6) is -2.08. The predicted octanol–water partition coefficient (Wildman–Crippen LogP) is 4.29. The maximum atomic E-state index is 14.7. The largest absolute Gasteiger partial charge is 0.454 e. The molecule has 1 aliphatic heterocycles. The standard InChI is InChI=1S/C27H28F2N6O4/c1-34(2)20-10-12-35(16-20)27(38)33-24-14-21(9-11-30-24)39-23-8-7-19(13-22(23)29)32-26(37)15-25(36)31-18-5-3-17(28)4-6-18/h3-9,11,13-14,20H,10,12,15-16H2,1-2H3,(H,31,36)(H,32,37)(H,30,33,38)/t20-/m1/s1. The molecule has 1 aromatic heterocycles. The Morgan fingerprint density at radius 3 is 2.33 bits per heavy atom. The van der Waals surface area contributed by atoms with Crippen LogP contribution in [0.1, 0.15) is 12.8 Å². The minimum atomic E-state index is -0.752. The maximum absolute atomic E-state index is 14.7. The van der Waals surface area contributed by atoms with E-state index in [0.29, 0.717) is 24.8 Å². The molecule has 3 aromatic rings. The molecule has 12 heteroatoms. The molecular weight excluding hydrogens is 510 g/mol. The number of likely N-dealkylation sites (tertiary alicyclic amines) is 1. The van der Waals surface area contributed by atoms with E-state index >= 15 is 0 Å². The third-order valence-electron chi connectivity index (χ3n) is 6.04. The van der Waals surface area contributed by atoms with Crippen molar-refractivity contribution in [2.75, 3.05) is 43.1 Å². The Morgan fingerprint density at radius 2 is 1.67 bits per heavy atom. The zero-order valence-corrected chi connectivity index (χ0v) is 21.4. The number of carbonyl (C=O) groups is 3. The van der Waals surface area contributed by atoms with Gasteiger partial charge >= 0.3 is 6.03 Å². The van der Waals surface area contributed by atoms with E-state index in [1.54, 1.807) is 4.90 Å². The van der Waals surface area contributed by atoms with E-state index in [1.807, 2.05) is 14.1 Å². The second kappa shape index (κ2) is 12.3. The summed E-state index contributed by atoms with van der Waals surface area (Å²) in [6.07, 6.45) is 1.80. The van der Waals surface area contributed by atoms with Gasteiger partial charge in [-0.2, -0.15) is 0 Å². The lowest BCUT2D eigenvalue weighted by molar-refractivity contribution is -0.123. The summed E-state index contributed by atoms with van der Waals surface area (Å²) < 4.78 is 33.3. The van der Waals surface area contributed by atoms with Crippen LogP contribution in [-0.2, 0) is 9.59 Å². The molecule has 204 valence electrons. The number of rotatable bonds is 8. The molecule has 1 fully saturated rings. The Kier molecular flexibility index (Phi) is 8.67. The zero-order valence-electron chi connectivity index (χ0n) is 21.4. The van der Waals surface area contributed by atoms with E-state index in [2.05, 4.69) is 25.8 Å². The fourth-order valence-electron chi connectivity index (χ4n) is 3.96. The number of carbonyl (C=O) groups excluding carboxylic acids is 3. The summed E-state index contributed by atoms with van der Waals surface area (Å²) in [6.45, 7) is 1.25. The van der Waals surface area contributed by atoms with E-state index in [1.165, 1.54) is 54.7 Å². The SMILES string of the molecule is CN(C)[C@@H]1CCN(C(=O)Nc2cc(Oc3ccc(NC(=O)CC(=O)Nc4ccc(F)cc4)cc3F)ccn2)C1. The van der Waals surface area contributed by atoms with Crippen LogP contribution in [0.2, 0.25) is 0 Å². The lowest BCUT2D eigenvalue weighted by Crippen LogP contribution is -2.37. The normalized spacial score (nSPS) is 14.7. The van der Waals surface area contributed by atoms with Crippen molar-refractivity contribution in [3.8, 4) is 11.5 Å². The van der Waals surface area contributed by atoms with Crippen LogP contribution in [0.5, 0.6) is 11.5 Å². The summed E-state index contributed by atoms with van der Waals surface area (Å²) >= 11 is 0. The average Bonchev–Trinajstić information content (AvgIpc) is 3.38. The van der Waals surface area contributed by atoms with Crippen LogP contribution in [0.3, 0.4) is 0 Å². The maximum Gasteiger partial charge on any atom is 0.323 e. The molecule has 2 heterocycles. The van der Waals surface area contributed by atoms with E-state index in [0.717, 1.165) is 12.5 Å². The Morgan fingerprint density at radius 1 is 0.974 bits per heavy atom. The summed E-state index contributed by atoms with van der Waals surface area (Å²) in [7, 11) is 3.95. The molecule has 0 aliphatic carbocycles. The smallest absolute Gasteiger partial charge is 0.323 e. The van der Waals surface area contributed by atoms with Crippen molar-refractivity contribution in [3.05, 3.63) is 72.4 Å². The lowest BCUT2D eigenvalue weighted by atomic mass is 10.2. The van der Waals surface area contributed by atoms with Gasteiger partial charge in [0.1, 0.15) is 23.8 Å². The molecule has 39 heavy (non-hydrogen) atoms. The van der Waals surface area contributed by atoms with Gasteiger partial charge in [0.05, 0.1) is 0 Å². The monoisotopic (exact) mass is 538 g/mol. The second-order valence-corrected chi connectivity index (χ2v) is 9.19. The molecule has 4 rings (SSSR count). The van der Waals surface area contributed by atoms with Crippen molar-refractivity contribution >= 4 is 35.0 Å². The molecule has 0 bridgehead atoms. The van der Waals surface area contributed by atoms with Gasteiger partial charge in [-0.25, -0.2) is 18.6 Å². The first kappa shape index (κ1) is 27.5. The van der Waals surface area contributed by atoms with Crippen molar-refractivity contribution in [1.29, 1.82) is 0 Å². The number of benzene rings is 2. The Labute approximate surface area is 224 Å². The highest BCUT2D eigenvalue weighted by Crippen LogP contribution is 2.28. The van der Waals surface area contributed by atoms with E-state index < -0.39 is 29.9 Å². The number of likely N-dealkylation sites (N-methyl/N-ethyl adjacent to an activating group) is 1. The number of nitrogens with zero attached hydrogens (tertiary/aromatic N) is 3. The summed E-state index contributed by atoms with van der Waals surface area (Å²) in [4.78, 5) is 44.7. The molecule has 2 aromatic carbocycles. The first-order chi connectivity index (χ1) is 18.7. The van der Waals surface area contributed by atoms with Crippen molar-refractivity contribution in [2.24, 2.45) is 0 Å². The molecule has 0 unspecified atom stereocenters. The van der Waals surface area contributed by atoms with Crippen LogP contribution in [0, 0.1) is 11.6 Å². The number of aromatic nitrogens is 1. The van der Waals surface area contributed by atoms with Gasteiger partial charge in [0.2, 0.25) is 11.8 Å². The van der Waals surface area contributed by atoms with Crippen molar-refractivity contribution in [3.63, 3.8) is 0 Å². The number of hydrogen-bond acceptors (Lipinski definition) is 6. The average molecular weight is 539 g/mol. The quantitative estimate of drug-likeness (QED) is 0.369. The molecule has 0 radical (unpaired) electrons. The van der Waals surface area contributed by atoms with Crippen molar-refractivity contribution in [2.45, 2.75) is 18.9 Å². The van der Waals surface area contributed by atoms with E-state index in [9.17, 15) is 23.2 Å². The van der Waals surface area contributed by atoms with Crippen molar-refractivity contribution in [1.82, 2.24) is 14.8 Å². The molecule has 1 aliphatic rings. The number of hydrogen-bond donors (Lipinski definition) is 3. The lowest BCUT2D eigenvalue weighted by Gasteiger charge is -2.20. The molecule has 4 amide bonds. The number of anilines is 3. The van der Waals surface area contributed by atoms with Crippen LogP contribution in [0.25, 0.3) is 0 Å². The highest BCUT2D eigenvalue weighted by atomic mass is 19.1. The van der Waals surface area contributed by atoms with Crippen molar-refractivity contribution < 1.29 is 27.9 Å². The Bertz CT molecular complexity index is 1350. The minimum absolute atomic E-state index is 0.112. The van der Waals surface area contributed by atoms with Gasteiger partial charge in [0, 0.05) is 48.8 Å². The molecule has 0 saturated carbocycles. The van der Waals surface area contributed by atoms with Gasteiger partial charge in [-0.1, -0.05) is 0 Å². The number of urea groups is 1. The van der Waals surface area contributed by atoms with Crippen LogP contribution >= 0.6 is 0 Å². The van der Waals surface area contributed by atoms with Gasteiger partial charge < -0.3 is 25.2 Å². The highest BCUT2D eigenvalue weighted by Gasteiger charge is 2.27. The second-order valence-electron chi connectivity index (χ2n) is 9.19. The van der Waals surface area contributed by atoms with E-state index in [4.69, 9.17) is 4.74 Å². The summed E-state index contributed by atoms with van der Waals surface area (Å²) in [5.41, 5.74) is 0.471. The number of ether oxygens (including phenoxy) is 1. The first-order valence-corrected chi connectivity index (χ1v) is 12.2. The summed E-state index contributed by atoms with van der Waals surface area (Å²) in [6, 6.07) is 11.9. The third-order valence-corrected chi connectivity index (χ3v) is 6.04. The molecular formula is C27H28F2N6O4. The zero-order chi connectivity index (χ0) is 27.9. The van der Waals surface area contributed by atoms with Crippen LogP contribution in [0.15, 0.2) is 60.8 Å². The van der Waals surface area contributed by atoms with Gasteiger partial charge in [-0.15, -0.1) is 0 Å². The van der Waals surface area contributed by atoms with Gasteiger partial charge in [0.15, 0.2) is 11.6 Å². The number of pyridine rings is 1. The predicted molar refractivity (Wildman–Crippen MR) is 142 cm³/mol.